The van der Waals surface area contributed by atoms with Gasteiger partial charge < -0.3 is 62.7 Å². The van der Waals surface area contributed by atoms with Gasteiger partial charge in [-0.05, 0) is 188 Å². The van der Waals surface area contributed by atoms with Crippen LogP contribution < -0.4 is 22.9 Å². The van der Waals surface area contributed by atoms with Crippen LogP contribution in [0.2, 0.25) is 0 Å². The van der Waals surface area contributed by atoms with Crippen LogP contribution in [0.5, 0.6) is 0 Å². The molecule has 0 unspecified atom stereocenters. The quantitative estimate of drug-likeness (QED) is 0.0312. The molecule has 12 atom stereocenters. The maximum absolute atomic E-state index is 14.6. The van der Waals surface area contributed by atoms with E-state index >= 15 is 0 Å². The molecule has 0 amide bonds. The zero-order valence-electron chi connectivity index (χ0n) is 63.2. The van der Waals surface area contributed by atoms with E-state index in [0.29, 0.717) is 96.4 Å². The number of hydrogen-bond donors (Lipinski definition) is 9. The fraction of sp³-hybridized carbons (Fsp3) is 0.450. The summed E-state index contributed by atoms with van der Waals surface area (Å²) < 4.78 is 129. The molecule has 24 nitrogen and oxygen atoms in total. The Morgan fingerprint density at radius 1 is 0.357 bits per heavy atom. The maximum Gasteiger partial charge on any atom is 0.341 e. The van der Waals surface area contributed by atoms with E-state index in [1.807, 2.05) is 0 Å². The molecule has 0 saturated heterocycles. The van der Waals surface area contributed by atoms with Gasteiger partial charge in [-0.25, -0.2) is 94.2 Å². The fourth-order valence-corrected chi connectivity index (χ4v) is 13.1. The molecule has 4 aliphatic rings. The van der Waals surface area contributed by atoms with Gasteiger partial charge in [0.25, 0.3) is 0 Å². The lowest BCUT2D eigenvalue weighted by Crippen LogP contribution is -2.30. The highest BCUT2D eigenvalue weighted by molar-refractivity contribution is 5.93. The van der Waals surface area contributed by atoms with Crippen molar-refractivity contribution in [3.05, 3.63) is 166 Å². The molecule has 112 heavy (non-hydrogen) atoms. The summed E-state index contributed by atoms with van der Waals surface area (Å²) in [7, 11) is 0. The third-order valence-electron chi connectivity index (χ3n) is 19.0. The van der Waals surface area contributed by atoms with Crippen LogP contribution in [-0.2, 0) is 14.2 Å². The van der Waals surface area contributed by atoms with Crippen molar-refractivity contribution in [2.24, 2.45) is 0 Å². The van der Waals surface area contributed by atoms with Gasteiger partial charge in [-0.15, -0.1) is 0 Å². The number of benzene rings is 4. The lowest BCUT2D eigenvalue weighted by molar-refractivity contribution is 0.00518. The number of nitrogens with zero attached hydrogens (tertiary/aromatic N) is 8. The van der Waals surface area contributed by atoms with Crippen LogP contribution in [0.1, 0.15) is 227 Å². The number of carbonyl (C=O) groups is 4. The molecule has 4 aliphatic carbocycles. The van der Waals surface area contributed by atoms with E-state index in [2.05, 4.69) is 39.9 Å². The van der Waals surface area contributed by atoms with Crippen molar-refractivity contribution in [1.82, 2.24) is 39.9 Å². The van der Waals surface area contributed by atoms with Gasteiger partial charge in [0.15, 0.2) is 0 Å². The third kappa shape index (κ3) is 22.2. The first-order chi connectivity index (χ1) is 52.5. The number of halogens is 8. The number of ether oxygens (including phenoxy) is 3. The van der Waals surface area contributed by atoms with Crippen molar-refractivity contribution in [2.75, 3.05) is 22.9 Å². The summed E-state index contributed by atoms with van der Waals surface area (Å²) in [5.74, 6) is -7.27. The monoisotopic (exact) mass is 1560 g/mol. The smallest absolute Gasteiger partial charge is 0.341 e. The number of aromatic nitrogens is 8. The van der Waals surface area contributed by atoms with Crippen LogP contribution in [0.25, 0.3) is 45.0 Å². The van der Waals surface area contributed by atoms with Gasteiger partial charge in [-0.1, -0.05) is 24.3 Å². The molecule has 4 saturated carbocycles. The van der Waals surface area contributed by atoms with Crippen molar-refractivity contribution >= 4 is 47.1 Å². The zero-order valence-corrected chi connectivity index (χ0v) is 63.2. The predicted molar refractivity (Wildman–Crippen MR) is 400 cm³/mol. The average molecular weight is 1570 g/mol. The number of hydrogen-bond acceptors (Lipinski definition) is 23. The fourth-order valence-electron chi connectivity index (χ4n) is 13.1. The topological polar surface area (TPSA) is 404 Å². The second kappa shape index (κ2) is 35.9. The number of alkyl halides is 4. The van der Waals surface area contributed by atoms with Crippen LogP contribution in [0, 0.1) is 23.3 Å². The van der Waals surface area contributed by atoms with Crippen LogP contribution in [0.3, 0.4) is 0 Å². The van der Waals surface area contributed by atoms with Crippen LogP contribution in [0.4, 0.5) is 58.4 Å². The standard InChI is InChI=1S/3C21H25F2N3O3.C17H17F2N3O3/c3*1-21(2,3)29-20(28)13-6-4-12(9-14(13)22)18-19(24)25-10-16(26-18)11-5-7-17(27)15(23)8-11;18-11-6-9(1-3-10(11)17(24)25)15-16(20)21-7-13(22-15)8-2-4-14(23)12(19)5-8/h3*4,6,9-11,15,17,27H,5,7-8H2,1-3H3,(H2,24,25);1,3,6-8,12,14,23H,2,4-5H2,(H2,20,21)(H,24,25)/t3*11-,15-,17-;8-,12-,14-/m1000/s1. The summed E-state index contributed by atoms with van der Waals surface area (Å²) in [5, 5.41) is 47.1. The number of carbonyl (C=O) groups excluding carboxylic acids is 3. The van der Waals surface area contributed by atoms with E-state index in [1.165, 1.54) is 67.3 Å². The molecule has 4 aromatic carbocycles. The van der Waals surface area contributed by atoms with Crippen LogP contribution >= 0.6 is 0 Å². The maximum atomic E-state index is 14.6. The zero-order chi connectivity index (χ0) is 82.2. The molecule has 0 radical (unpaired) electrons. The van der Waals surface area contributed by atoms with Gasteiger partial charge in [-0.2, -0.15) is 0 Å². The highest BCUT2D eigenvalue weighted by Gasteiger charge is 2.36. The largest absolute Gasteiger partial charge is 0.478 e. The van der Waals surface area contributed by atoms with Crippen molar-refractivity contribution in [3.63, 3.8) is 0 Å². The van der Waals surface area contributed by atoms with Gasteiger partial charge in [0.05, 0.1) is 94.2 Å². The van der Waals surface area contributed by atoms with E-state index < -0.39 is 119 Å². The molecule has 0 aliphatic heterocycles. The molecule has 12 rings (SSSR count). The lowest BCUT2D eigenvalue weighted by Gasteiger charge is -2.28. The Labute approximate surface area is 641 Å². The molecule has 0 spiro atoms. The summed E-state index contributed by atoms with van der Waals surface area (Å²) >= 11 is 0. The summed E-state index contributed by atoms with van der Waals surface area (Å²) in [6.07, 6.45) is 0.997. The summed E-state index contributed by atoms with van der Waals surface area (Å²) in [5.41, 5.74) is 24.9. The summed E-state index contributed by atoms with van der Waals surface area (Å²) in [4.78, 5) is 81.6. The summed E-state index contributed by atoms with van der Waals surface area (Å²) in [6.45, 7) is 15.3. The summed E-state index contributed by atoms with van der Waals surface area (Å²) in [6, 6.07) is 15.6. The van der Waals surface area contributed by atoms with Crippen LogP contribution in [0.15, 0.2) is 97.6 Å². The normalized spacial score (nSPS) is 22.6. The van der Waals surface area contributed by atoms with E-state index in [-0.39, 0.29) is 112 Å². The van der Waals surface area contributed by atoms with Gasteiger partial charge in [0.2, 0.25) is 0 Å². The first-order valence-electron chi connectivity index (χ1n) is 36.4. The van der Waals surface area contributed by atoms with Crippen LogP contribution in [-0.4, -0.2) is 155 Å². The Morgan fingerprint density at radius 3 is 0.741 bits per heavy atom. The Hall–Kier alpha value is -10.4. The molecule has 4 fully saturated rings. The van der Waals surface area contributed by atoms with Gasteiger partial charge >= 0.3 is 23.9 Å². The number of aliphatic hydroxyl groups excluding tert-OH is 4. The molecule has 0 bridgehead atoms. The number of anilines is 4. The average Bonchev–Trinajstić information content (AvgIpc) is 0.816. The molecule has 13 N–H and O–H groups in total. The molecule has 4 aromatic heterocycles. The van der Waals surface area contributed by atoms with Gasteiger partial charge in [-0.3, -0.25) is 0 Å². The first-order valence-corrected chi connectivity index (χ1v) is 36.4. The minimum absolute atomic E-state index is 0.0684. The predicted octanol–water partition coefficient (Wildman–Crippen LogP) is 13.9. The second-order valence-electron chi connectivity index (χ2n) is 31.1. The van der Waals surface area contributed by atoms with Gasteiger partial charge in [0.1, 0.15) is 111 Å². The number of rotatable bonds is 12. The Bertz CT molecular complexity index is 4370. The molecular formula is C80H92F8N12O12. The van der Waals surface area contributed by atoms with E-state index in [0.717, 1.165) is 30.3 Å². The van der Waals surface area contributed by atoms with Gasteiger partial charge in [0, 0.05) is 45.9 Å². The number of carboxylic acid groups (broad SMARTS) is 1. The molecule has 8 aromatic rings. The SMILES string of the molecule is CC(C)(C)OC(=O)c1ccc(-c2nc([C@@H]3CC[C@@H](O)[C@H](F)C3)cnc2N)cc1F.CC(C)(C)OC(=O)c1ccc(-c2nc([C@H]3CC[C@H](O)[C@@H](F)C3)cnc2N)cc1F.CC(C)(C)OC(=O)c1ccc(-c2nc([C@H]3CC[C@H](O)[C@@H](F)C3)cnc2N)cc1F.Nc1ncc([C@H]2CC[C@H](O)[C@@H](F)C2)nc1-c1ccc(C(=O)O)c(F)c1. The number of nitrogen functional groups attached to an aromatic ring is 4. The minimum Gasteiger partial charge on any atom is -0.478 e. The Kier molecular flexibility index (Phi) is 27.4. The van der Waals surface area contributed by atoms with E-state index in [4.69, 9.17) is 42.3 Å². The first kappa shape index (κ1) is 85.6. The lowest BCUT2D eigenvalue weighted by atomic mass is 9.84. The Balaban J connectivity index is 0.000000172. The number of carboxylic acids is 1. The third-order valence-corrected chi connectivity index (χ3v) is 19.0. The molecule has 4 heterocycles. The second-order valence-corrected chi connectivity index (χ2v) is 31.1. The Morgan fingerprint density at radius 2 is 0.562 bits per heavy atom. The van der Waals surface area contributed by atoms with Crippen molar-refractivity contribution in [2.45, 2.75) is 229 Å². The number of esters is 3. The van der Waals surface area contributed by atoms with Crippen molar-refractivity contribution in [1.29, 1.82) is 0 Å². The van der Waals surface area contributed by atoms with Crippen molar-refractivity contribution in [3.8, 4) is 45.0 Å². The highest BCUT2D eigenvalue weighted by atomic mass is 19.2. The molecule has 600 valence electrons. The number of nitrogens with two attached hydrogens (primary N) is 4. The van der Waals surface area contributed by atoms with Crippen molar-refractivity contribution < 1.29 is 94.0 Å². The number of aromatic carboxylic acids is 1. The number of aliphatic hydroxyl groups is 4. The molecule has 32 heteroatoms. The van der Waals surface area contributed by atoms with E-state index in [1.54, 1.807) is 62.3 Å². The minimum atomic E-state index is -1.37. The highest BCUT2D eigenvalue weighted by Crippen LogP contribution is 2.41. The molecular weight excluding hydrogens is 1470 g/mol. The van der Waals surface area contributed by atoms with E-state index in [9.17, 15) is 74.7 Å².